The molecule has 134 valence electrons. The summed E-state index contributed by atoms with van der Waals surface area (Å²) in [5, 5.41) is 6.40. The van der Waals surface area contributed by atoms with Gasteiger partial charge >= 0.3 is 0 Å². The Hall–Kier alpha value is -2.57. The van der Waals surface area contributed by atoms with Gasteiger partial charge < -0.3 is 10.6 Å². The number of aryl methyl sites for hydroxylation is 1. The van der Waals surface area contributed by atoms with Crippen molar-refractivity contribution in [2.45, 2.75) is 13.0 Å². The molecule has 0 aliphatic heterocycles. The monoisotopic (exact) mass is 373 g/mol. The predicted molar refractivity (Wildman–Crippen MR) is 99.1 cm³/mol. The van der Waals surface area contributed by atoms with E-state index in [1.807, 2.05) is 54.0 Å². The summed E-state index contributed by atoms with van der Waals surface area (Å²) in [5.41, 5.74) is 2.25. The zero-order chi connectivity index (χ0) is 18.5. The maximum absolute atomic E-state index is 13.7. The number of anilines is 1. The van der Waals surface area contributed by atoms with Crippen molar-refractivity contribution in [3.05, 3.63) is 87.6 Å². The van der Waals surface area contributed by atoms with Crippen molar-refractivity contribution in [1.82, 2.24) is 0 Å². The molecule has 0 saturated heterocycles. The average molecular weight is 373 g/mol. The van der Waals surface area contributed by atoms with Crippen molar-refractivity contribution in [3.8, 4) is 0 Å². The van der Waals surface area contributed by atoms with Gasteiger partial charge in [-0.1, -0.05) is 35.9 Å². The number of quaternary nitrogens is 1. The van der Waals surface area contributed by atoms with E-state index in [0.29, 0.717) is 0 Å². The summed E-state index contributed by atoms with van der Waals surface area (Å²) in [6.07, 6.45) is 0. The van der Waals surface area contributed by atoms with Crippen LogP contribution in [-0.4, -0.2) is 12.5 Å². The van der Waals surface area contributed by atoms with Crippen LogP contribution in [0, 0.1) is 18.6 Å². The number of rotatable bonds is 6. The first-order valence-corrected chi connectivity index (χ1v) is 9.09. The molecule has 3 rings (SSSR count). The minimum atomic E-state index is -0.785. The van der Waals surface area contributed by atoms with E-state index in [2.05, 4.69) is 5.32 Å². The first kappa shape index (κ1) is 18.2. The van der Waals surface area contributed by atoms with Gasteiger partial charge in [-0.05, 0) is 30.5 Å². The fourth-order valence-electron chi connectivity index (χ4n) is 2.68. The quantitative estimate of drug-likeness (QED) is 0.681. The molecule has 1 heterocycles. The van der Waals surface area contributed by atoms with Gasteiger partial charge in [-0.2, -0.15) is 0 Å². The minimum Gasteiger partial charge on any atom is -0.328 e. The summed E-state index contributed by atoms with van der Waals surface area (Å²) >= 11 is 1.63. The number of nitrogens with one attached hydrogen (secondary N) is 1. The van der Waals surface area contributed by atoms with Crippen LogP contribution in [0.5, 0.6) is 0 Å². The van der Waals surface area contributed by atoms with Gasteiger partial charge in [-0.3, -0.25) is 4.79 Å². The zero-order valence-corrected chi connectivity index (χ0v) is 15.0. The van der Waals surface area contributed by atoms with Crippen LogP contribution in [0.1, 0.15) is 22.0 Å². The second kappa shape index (κ2) is 8.21. The van der Waals surface area contributed by atoms with Crippen LogP contribution in [0.25, 0.3) is 0 Å². The molecule has 1 atom stereocenters. The van der Waals surface area contributed by atoms with E-state index in [-0.39, 0.29) is 24.2 Å². The van der Waals surface area contributed by atoms with Crippen molar-refractivity contribution in [2.24, 2.45) is 0 Å². The molecule has 0 radical (unpaired) electrons. The van der Waals surface area contributed by atoms with Crippen molar-refractivity contribution in [3.63, 3.8) is 0 Å². The lowest BCUT2D eigenvalue weighted by molar-refractivity contribution is -0.675. The van der Waals surface area contributed by atoms with E-state index in [0.717, 1.165) is 22.6 Å². The first-order chi connectivity index (χ1) is 12.5. The Labute approximate surface area is 154 Å². The highest BCUT2D eigenvalue weighted by Crippen LogP contribution is 2.23. The molecule has 6 heteroatoms. The molecule has 1 aromatic heterocycles. The molecular weight excluding hydrogens is 354 g/mol. The van der Waals surface area contributed by atoms with Gasteiger partial charge in [0.15, 0.2) is 6.54 Å². The minimum absolute atomic E-state index is 0.0144. The third-order valence-corrected chi connectivity index (χ3v) is 4.99. The molecule has 1 amide bonds. The van der Waals surface area contributed by atoms with Gasteiger partial charge in [0.1, 0.15) is 17.7 Å². The van der Waals surface area contributed by atoms with E-state index >= 15 is 0 Å². The number of nitrogens with two attached hydrogens (primary N) is 1. The number of thiophene rings is 1. The smallest absolute Gasteiger partial charge is 0.279 e. The molecular formula is C20H19F2N2OS+. The molecule has 0 aliphatic rings. The van der Waals surface area contributed by atoms with E-state index < -0.39 is 11.6 Å². The van der Waals surface area contributed by atoms with Crippen LogP contribution in [0.2, 0.25) is 0 Å². The summed E-state index contributed by atoms with van der Waals surface area (Å²) in [6, 6.07) is 15.3. The highest BCUT2D eigenvalue weighted by molar-refractivity contribution is 7.10. The van der Waals surface area contributed by atoms with Crippen molar-refractivity contribution >= 4 is 22.9 Å². The predicted octanol–water partition coefficient (Wildman–Crippen LogP) is 3.63. The molecule has 26 heavy (non-hydrogen) atoms. The molecule has 0 spiro atoms. The largest absolute Gasteiger partial charge is 0.328 e. The van der Waals surface area contributed by atoms with Crippen molar-refractivity contribution in [1.29, 1.82) is 0 Å². The van der Waals surface area contributed by atoms with Crippen LogP contribution in [-0.2, 0) is 4.79 Å². The Morgan fingerprint density at radius 1 is 1.15 bits per heavy atom. The summed E-state index contributed by atoms with van der Waals surface area (Å²) in [7, 11) is 0. The third kappa shape index (κ3) is 4.53. The van der Waals surface area contributed by atoms with Crippen LogP contribution in [0.3, 0.4) is 0 Å². The van der Waals surface area contributed by atoms with E-state index in [1.165, 1.54) is 11.6 Å². The Morgan fingerprint density at radius 2 is 1.92 bits per heavy atom. The number of carbonyl (C=O) groups is 1. The first-order valence-electron chi connectivity index (χ1n) is 8.21. The lowest BCUT2D eigenvalue weighted by atomic mass is 10.0. The number of hydrogen-bond donors (Lipinski definition) is 2. The number of benzene rings is 2. The Kier molecular flexibility index (Phi) is 5.75. The fourth-order valence-corrected chi connectivity index (χ4v) is 3.53. The summed E-state index contributed by atoms with van der Waals surface area (Å²) in [4.78, 5) is 13.3. The topological polar surface area (TPSA) is 45.7 Å². The van der Waals surface area contributed by atoms with Crippen molar-refractivity contribution < 1.29 is 18.9 Å². The van der Waals surface area contributed by atoms with Gasteiger partial charge in [-0.25, -0.2) is 8.78 Å². The average Bonchev–Trinajstić information content (AvgIpc) is 3.13. The number of amides is 1. The Bertz CT molecular complexity index is 879. The molecule has 0 fully saturated rings. The van der Waals surface area contributed by atoms with Gasteiger partial charge in [-0.15, -0.1) is 11.3 Å². The Morgan fingerprint density at radius 3 is 2.58 bits per heavy atom. The summed E-state index contributed by atoms with van der Waals surface area (Å²) in [5.74, 6) is -1.81. The molecule has 3 N–H and O–H groups in total. The van der Waals surface area contributed by atoms with Gasteiger partial charge in [0.25, 0.3) is 5.91 Å². The van der Waals surface area contributed by atoms with E-state index in [9.17, 15) is 13.6 Å². The molecule has 0 aliphatic carbocycles. The molecule has 2 aromatic carbocycles. The highest BCUT2D eigenvalue weighted by Gasteiger charge is 2.20. The van der Waals surface area contributed by atoms with Crippen LogP contribution in [0.15, 0.2) is 60.0 Å². The number of carbonyl (C=O) groups excluding carboxylic acids is 1. The second-order valence-corrected chi connectivity index (χ2v) is 7.00. The lowest BCUT2D eigenvalue weighted by Gasteiger charge is -2.15. The molecule has 0 bridgehead atoms. The standard InChI is InChI=1S/C20H18F2N2OS/c1-13-4-6-14(7-5-13)20(18-3-2-10-26-18)23-12-19(25)24-17-9-8-15(21)11-16(17)22/h2-11,20,23H,12H2,1H3,(H,24,25)/p+1/t20-/m0/s1. The SMILES string of the molecule is Cc1ccc([C@H]([NH2+]CC(=O)Nc2ccc(F)cc2F)c2cccs2)cc1. The molecule has 0 saturated carbocycles. The maximum Gasteiger partial charge on any atom is 0.279 e. The zero-order valence-electron chi connectivity index (χ0n) is 14.2. The number of hydrogen-bond acceptors (Lipinski definition) is 2. The van der Waals surface area contributed by atoms with E-state index in [4.69, 9.17) is 0 Å². The van der Waals surface area contributed by atoms with Crippen LogP contribution in [0.4, 0.5) is 14.5 Å². The van der Waals surface area contributed by atoms with Gasteiger partial charge in [0.2, 0.25) is 0 Å². The van der Waals surface area contributed by atoms with E-state index in [1.54, 1.807) is 11.3 Å². The third-order valence-electron chi connectivity index (χ3n) is 4.03. The van der Waals surface area contributed by atoms with Crippen LogP contribution >= 0.6 is 11.3 Å². The Balaban J connectivity index is 1.69. The second-order valence-electron chi connectivity index (χ2n) is 6.02. The van der Waals surface area contributed by atoms with Crippen LogP contribution < -0.4 is 10.6 Å². The highest BCUT2D eigenvalue weighted by atomic mass is 32.1. The molecule has 0 unspecified atom stereocenters. The maximum atomic E-state index is 13.7. The lowest BCUT2D eigenvalue weighted by Crippen LogP contribution is -2.87. The van der Waals surface area contributed by atoms with Crippen molar-refractivity contribution in [2.75, 3.05) is 11.9 Å². The van der Waals surface area contributed by atoms with Gasteiger partial charge in [0.05, 0.1) is 10.6 Å². The molecule has 3 aromatic rings. The summed E-state index contributed by atoms with van der Waals surface area (Å²) < 4.78 is 26.6. The normalized spacial score (nSPS) is 12.0. The van der Waals surface area contributed by atoms with Gasteiger partial charge in [0, 0.05) is 11.6 Å². The molecule has 3 nitrogen and oxygen atoms in total. The number of halogens is 2. The fraction of sp³-hybridized carbons (Fsp3) is 0.150. The summed E-state index contributed by atoms with van der Waals surface area (Å²) in [6.45, 7) is 2.14.